The molecule has 1 N–H and O–H groups in total. The summed E-state index contributed by atoms with van der Waals surface area (Å²) < 4.78 is 45.1. The van der Waals surface area contributed by atoms with Gasteiger partial charge in [-0.1, -0.05) is 18.6 Å². The molecule has 1 saturated heterocycles. The van der Waals surface area contributed by atoms with Gasteiger partial charge in [-0.05, 0) is 49.2 Å². The van der Waals surface area contributed by atoms with Gasteiger partial charge in [0.25, 0.3) is 5.91 Å². The fraction of sp³-hybridized carbons (Fsp3) is 0.300. The summed E-state index contributed by atoms with van der Waals surface area (Å²) in [5.41, 5.74) is 0.0992. The molecule has 3 rings (SSSR count). The lowest BCUT2D eigenvalue weighted by atomic mass is 10.2. The summed E-state index contributed by atoms with van der Waals surface area (Å²) in [5, 5.41) is 2.31. The molecule has 0 radical (unpaired) electrons. The number of carbonyl (C=O) groups excluding carboxylic acids is 2. The lowest BCUT2D eigenvalue weighted by Crippen LogP contribution is -2.35. The highest BCUT2D eigenvalue weighted by Crippen LogP contribution is 2.21. The number of amides is 1. The van der Waals surface area contributed by atoms with E-state index in [4.69, 9.17) is 4.74 Å². The summed E-state index contributed by atoms with van der Waals surface area (Å²) in [4.78, 5) is 24.0. The first-order valence-electron chi connectivity index (χ1n) is 9.19. The summed E-state index contributed by atoms with van der Waals surface area (Å²) in [7, 11) is -3.59. The van der Waals surface area contributed by atoms with Crippen molar-refractivity contribution < 1.29 is 27.1 Å². The van der Waals surface area contributed by atoms with Crippen molar-refractivity contribution in [1.82, 2.24) is 4.31 Å². The summed E-state index contributed by atoms with van der Waals surface area (Å²) >= 11 is 0. The van der Waals surface area contributed by atoms with Crippen LogP contribution in [0.4, 0.5) is 10.1 Å². The largest absolute Gasteiger partial charge is 0.452 e. The molecular formula is C20H21FN2O5S. The standard InChI is InChI=1S/C20H21FN2O5S/c21-17-6-2-3-7-18(17)22-19(24)14-28-20(25)15-8-10-16(11-9-15)29(26,27)23-12-4-1-5-13-23/h2-3,6-11H,1,4-5,12-14H2,(H,22,24). The number of benzene rings is 2. The van der Waals surface area contributed by atoms with Gasteiger partial charge in [-0.2, -0.15) is 4.31 Å². The second kappa shape index (κ2) is 9.15. The smallest absolute Gasteiger partial charge is 0.338 e. The maximum Gasteiger partial charge on any atom is 0.338 e. The van der Waals surface area contributed by atoms with Crippen molar-refractivity contribution in [2.75, 3.05) is 25.0 Å². The van der Waals surface area contributed by atoms with E-state index in [0.717, 1.165) is 19.3 Å². The zero-order chi connectivity index (χ0) is 20.9. The van der Waals surface area contributed by atoms with Crippen LogP contribution in [0.2, 0.25) is 0 Å². The Hall–Kier alpha value is -2.78. The number of rotatable bonds is 6. The van der Waals surface area contributed by atoms with Gasteiger partial charge in [-0.3, -0.25) is 4.79 Å². The van der Waals surface area contributed by atoms with Gasteiger partial charge in [0.2, 0.25) is 10.0 Å². The Balaban J connectivity index is 1.57. The molecular weight excluding hydrogens is 399 g/mol. The van der Waals surface area contributed by atoms with Crippen molar-refractivity contribution in [3.8, 4) is 0 Å². The van der Waals surface area contributed by atoms with Crippen LogP contribution in [0.1, 0.15) is 29.6 Å². The number of hydrogen-bond acceptors (Lipinski definition) is 5. The number of para-hydroxylation sites is 1. The molecule has 2 aromatic carbocycles. The first-order chi connectivity index (χ1) is 13.9. The Kier molecular flexibility index (Phi) is 6.60. The van der Waals surface area contributed by atoms with Crippen LogP contribution in [0.3, 0.4) is 0 Å². The number of hydrogen-bond donors (Lipinski definition) is 1. The van der Waals surface area contributed by atoms with E-state index in [-0.39, 0.29) is 16.1 Å². The molecule has 29 heavy (non-hydrogen) atoms. The maximum atomic E-state index is 13.5. The van der Waals surface area contributed by atoms with Gasteiger partial charge in [0.15, 0.2) is 6.61 Å². The van der Waals surface area contributed by atoms with Crippen LogP contribution in [0, 0.1) is 5.82 Å². The van der Waals surface area contributed by atoms with Gasteiger partial charge in [0, 0.05) is 13.1 Å². The topological polar surface area (TPSA) is 92.8 Å². The highest BCUT2D eigenvalue weighted by atomic mass is 32.2. The second-order valence-electron chi connectivity index (χ2n) is 6.59. The Morgan fingerprint density at radius 2 is 1.66 bits per heavy atom. The van der Waals surface area contributed by atoms with E-state index in [0.29, 0.717) is 13.1 Å². The van der Waals surface area contributed by atoms with E-state index in [1.165, 1.54) is 46.8 Å². The second-order valence-corrected chi connectivity index (χ2v) is 8.53. The quantitative estimate of drug-likeness (QED) is 0.726. The van der Waals surface area contributed by atoms with E-state index in [1.807, 2.05) is 0 Å². The molecule has 1 heterocycles. The molecule has 2 aromatic rings. The number of ether oxygens (including phenoxy) is 1. The molecule has 0 aliphatic carbocycles. The molecule has 154 valence electrons. The van der Waals surface area contributed by atoms with E-state index in [1.54, 1.807) is 6.07 Å². The Bertz CT molecular complexity index is 986. The summed E-state index contributed by atoms with van der Waals surface area (Å²) in [5.74, 6) is -2.07. The number of sulfonamides is 1. The monoisotopic (exact) mass is 420 g/mol. The van der Waals surface area contributed by atoms with Crippen LogP contribution in [0.25, 0.3) is 0 Å². The number of anilines is 1. The fourth-order valence-corrected chi connectivity index (χ4v) is 4.50. The molecule has 0 saturated carbocycles. The third-order valence-corrected chi connectivity index (χ3v) is 6.44. The third-order valence-electron chi connectivity index (χ3n) is 4.53. The molecule has 1 aliphatic heterocycles. The minimum Gasteiger partial charge on any atom is -0.452 e. The van der Waals surface area contributed by atoms with Crippen LogP contribution < -0.4 is 5.32 Å². The van der Waals surface area contributed by atoms with E-state index in [2.05, 4.69) is 5.32 Å². The number of halogens is 1. The van der Waals surface area contributed by atoms with E-state index < -0.39 is 34.3 Å². The SMILES string of the molecule is O=C(COC(=O)c1ccc(S(=O)(=O)N2CCCCC2)cc1)Nc1ccccc1F. The number of esters is 1. The van der Waals surface area contributed by atoms with Crippen molar-refractivity contribution in [3.63, 3.8) is 0 Å². The third kappa shape index (κ3) is 5.18. The Labute approximate surface area is 168 Å². The molecule has 0 spiro atoms. The normalized spacial score (nSPS) is 14.9. The van der Waals surface area contributed by atoms with E-state index >= 15 is 0 Å². The lowest BCUT2D eigenvalue weighted by molar-refractivity contribution is -0.119. The fourth-order valence-electron chi connectivity index (χ4n) is 2.98. The lowest BCUT2D eigenvalue weighted by Gasteiger charge is -2.25. The molecule has 1 amide bonds. The number of nitrogens with zero attached hydrogens (tertiary/aromatic N) is 1. The molecule has 7 nitrogen and oxygen atoms in total. The number of nitrogens with one attached hydrogen (secondary N) is 1. The Morgan fingerprint density at radius 1 is 1.00 bits per heavy atom. The van der Waals surface area contributed by atoms with Crippen LogP contribution in [-0.4, -0.2) is 44.3 Å². The highest BCUT2D eigenvalue weighted by molar-refractivity contribution is 7.89. The summed E-state index contributed by atoms with van der Waals surface area (Å²) in [6.45, 7) is 0.382. The predicted octanol–water partition coefficient (Wildman–Crippen LogP) is 2.80. The first kappa shape index (κ1) is 20.9. The van der Waals surface area contributed by atoms with Crippen molar-refractivity contribution in [2.45, 2.75) is 24.2 Å². The van der Waals surface area contributed by atoms with Crippen LogP contribution >= 0.6 is 0 Å². The van der Waals surface area contributed by atoms with Gasteiger partial charge >= 0.3 is 5.97 Å². The van der Waals surface area contributed by atoms with Gasteiger partial charge in [-0.15, -0.1) is 0 Å². The molecule has 0 aromatic heterocycles. The zero-order valence-corrected chi connectivity index (χ0v) is 16.5. The zero-order valence-electron chi connectivity index (χ0n) is 15.6. The van der Waals surface area contributed by atoms with Crippen LogP contribution in [0.5, 0.6) is 0 Å². The molecule has 0 bridgehead atoms. The predicted molar refractivity (Wildman–Crippen MR) is 104 cm³/mol. The number of carbonyl (C=O) groups is 2. The molecule has 0 unspecified atom stereocenters. The van der Waals surface area contributed by atoms with Crippen LogP contribution in [-0.2, 0) is 19.6 Å². The summed E-state index contributed by atoms with van der Waals surface area (Å²) in [6.07, 6.45) is 2.68. The molecule has 9 heteroatoms. The van der Waals surface area contributed by atoms with Crippen molar-refractivity contribution >= 4 is 27.6 Å². The molecule has 1 fully saturated rings. The molecule has 1 aliphatic rings. The van der Waals surface area contributed by atoms with Gasteiger partial charge in [-0.25, -0.2) is 17.6 Å². The van der Waals surface area contributed by atoms with Crippen molar-refractivity contribution in [2.24, 2.45) is 0 Å². The van der Waals surface area contributed by atoms with Gasteiger partial charge in [0.1, 0.15) is 5.82 Å². The van der Waals surface area contributed by atoms with Gasteiger partial charge < -0.3 is 10.1 Å². The first-order valence-corrected chi connectivity index (χ1v) is 10.6. The number of piperidine rings is 1. The van der Waals surface area contributed by atoms with Gasteiger partial charge in [0.05, 0.1) is 16.1 Å². The minimum absolute atomic E-state index is 0.0131. The van der Waals surface area contributed by atoms with Crippen molar-refractivity contribution in [3.05, 3.63) is 59.9 Å². The van der Waals surface area contributed by atoms with Crippen molar-refractivity contribution in [1.29, 1.82) is 0 Å². The summed E-state index contributed by atoms with van der Waals surface area (Å²) in [6, 6.07) is 11.0. The average molecular weight is 420 g/mol. The molecule has 0 atom stereocenters. The van der Waals surface area contributed by atoms with Crippen LogP contribution in [0.15, 0.2) is 53.4 Å². The highest BCUT2D eigenvalue weighted by Gasteiger charge is 2.26. The van der Waals surface area contributed by atoms with E-state index in [9.17, 15) is 22.4 Å². The maximum absolute atomic E-state index is 13.5. The minimum atomic E-state index is -3.59. The average Bonchev–Trinajstić information content (AvgIpc) is 2.74. The Morgan fingerprint density at radius 3 is 2.31 bits per heavy atom.